The fourth-order valence-electron chi connectivity index (χ4n) is 2.67. The second-order valence-corrected chi connectivity index (χ2v) is 5.47. The molecule has 0 aromatic carbocycles. The average molecular weight is 240 g/mol. The Labute approximate surface area is 106 Å². The predicted molar refractivity (Wildman–Crippen MR) is 71.9 cm³/mol. The summed E-state index contributed by atoms with van der Waals surface area (Å²) in [6.45, 7) is 9.67. The van der Waals surface area contributed by atoms with Crippen LogP contribution in [0, 0.1) is 5.92 Å². The average Bonchev–Trinajstić information content (AvgIpc) is 2.36. The highest BCUT2D eigenvalue weighted by Crippen LogP contribution is 2.21. The maximum absolute atomic E-state index is 12.3. The number of hydrogen-bond donors (Lipinski definition) is 2. The van der Waals surface area contributed by atoms with E-state index in [9.17, 15) is 4.79 Å². The molecular weight excluding hydrogens is 212 g/mol. The van der Waals surface area contributed by atoms with E-state index in [2.05, 4.69) is 38.3 Å². The molecule has 1 saturated heterocycles. The zero-order chi connectivity index (χ0) is 12.9. The Morgan fingerprint density at radius 1 is 1.29 bits per heavy atom. The summed E-state index contributed by atoms with van der Waals surface area (Å²) >= 11 is 0. The van der Waals surface area contributed by atoms with E-state index in [1.165, 1.54) is 6.42 Å². The van der Waals surface area contributed by atoms with Gasteiger partial charge >= 0.3 is 0 Å². The van der Waals surface area contributed by atoms with Crippen molar-refractivity contribution >= 4 is 5.91 Å². The van der Waals surface area contributed by atoms with Crippen LogP contribution < -0.4 is 10.6 Å². The minimum atomic E-state index is -0.000547. The van der Waals surface area contributed by atoms with Gasteiger partial charge in [-0.1, -0.05) is 27.7 Å². The molecule has 1 fully saturated rings. The summed E-state index contributed by atoms with van der Waals surface area (Å²) in [5.74, 6) is 0.855. The molecule has 3 nitrogen and oxygen atoms in total. The van der Waals surface area contributed by atoms with E-state index in [1.807, 2.05) is 0 Å². The summed E-state index contributed by atoms with van der Waals surface area (Å²) in [4.78, 5) is 12.3. The number of hydrogen-bond acceptors (Lipinski definition) is 2. The molecule has 2 N–H and O–H groups in total. The van der Waals surface area contributed by atoms with Gasteiger partial charge in [-0.15, -0.1) is 0 Å². The van der Waals surface area contributed by atoms with Crippen molar-refractivity contribution < 1.29 is 4.79 Å². The van der Waals surface area contributed by atoms with Crippen LogP contribution in [0.2, 0.25) is 0 Å². The lowest BCUT2D eigenvalue weighted by molar-refractivity contribution is -0.126. The van der Waals surface area contributed by atoms with Crippen LogP contribution in [0.1, 0.15) is 59.8 Å². The van der Waals surface area contributed by atoms with Crippen molar-refractivity contribution in [3.05, 3.63) is 0 Å². The van der Waals surface area contributed by atoms with E-state index in [-0.39, 0.29) is 17.5 Å². The molecule has 100 valence electrons. The molecule has 0 aliphatic carbocycles. The summed E-state index contributed by atoms with van der Waals surface area (Å²) in [5, 5.41) is 6.60. The quantitative estimate of drug-likeness (QED) is 0.775. The Morgan fingerprint density at radius 3 is 2.35 bits per heavy atom. The summed E-state index contributed by atoms with van der Waals surface area (Å²) in [6.07, 6.45) is 5.18. The molecule has 1 aliphatic heterocycles. The molecule has 2 atom stereocenters. The highest BCUT2D eigenvalue weighted by atomic mass is 16.2. The minimum absolute atomic E-state index is 0.000547. The first-order valence-corrected chi connectivity index (χ1v) is 7.12. The SMILES string of the molecule is CCC(CC)(CC)NC(=O)C1CC(C)CCN1. The van der Waals surface area contributed by atoms with Crippen molar-refractivity contribution in [3.8, 4) is 0 Å². The zero-order valence-corrected chi connectivity index (χ0v) is 11.8. The summed E-state index contributed by atoms with van der Waals surface area (Å²) in [5.41, 5.74) is -0.000547. The third-order valence-corrected chi connectivity index (χ3v) is 4.40. The van der Waals surface area contributed by atoms with Crippen LogP contribution in [0.5, 0.6) is 0 Å². The van der Waals surface area contributed by atoms with Gasteiger partial charge in [0.1, 0.15) is 0 Å². The van der Waals surface area contributed by atoms with E-state index in [0.717, 1.165) is 32.2 Å². The highest BCUT2D eigenvalue weighted by Gasteiger charge is 2.31. The molecule has 0 saturated carbocycles. The van der Waals surface area contributed by atoms with Crippen molar-refractivity contribution in [1.29, 1.82) is 0 Å². The first kappa shape index (κ1) is 14.5. The molecule has 0 aromatic heterocycles. The van der Waals surface area contributed by atoms with Gasteiger partial charge in [-0.3, -0.25) is 4.79 Å². The van der Waals surface area contributed by atoms with Crippen LogP contribution in [-0.4, -0.2) is 24.0 Å². The molecule has 2 unspecified atom stereocenters. The number of carbonyl (C=O) groups is 1. The number of nitrogens with one attached hydrogen (secondary N) is 2. The molecule has 0 bridgehead atoms. The first-order valence-electron chi connectivity index (χ1n) is 7.12. The smallest absolute Gasteiger partial charge is 0.237 e. The summed E-state index contributed by atoms with van der Waals surface area (Å²) in [7, 11) is 0. The predicted octanol–water partition coefficient (Wildman–Crippen LogP) is 2.46. The van der Waals surface area contributed by atoms with E-state index < -0.39 is 0 Å². The fourth-order valence-corrected chi connectivity index (χ4v) is 2.67. The molecule has 17 heavy (non-hydrogen) atoms. The first-order chi connectivity index (χ1) is 8.06. The van der Waals surface area contributed by atoms with Crippen molar-refractivity contribution in [1.82, 2.24) is 10.6 Å². The maximum atomic E-state index is 12.3. The molecule has 0 spiro atoms. The van der Waals surface area contributed by atoms with Crippen LogP contribution in [0.4, 0.5) is 0 Å². The van der Waals surface area contributed by atoms with Gasteiger partial charge in [0.2, 0.25) is 5.91 Å². The second-order valence-electron chi connectivity index (χ2n) is 5.47. The summed E-state index contributed by atoms with van der Waals surface area (Å²) in [6, 6.07) is 0.0165. The second kappa shape index (κ2) is 6.39. The summed E-state index contributed by atoms with van der Waals surface area (Å²) < 4.78 is 0. The number of piperidine rings is 1. The van der Waals surface area contributed by atoms with Crippen molar-refractivity contribution in [2.45, 2.75) is 71.4 Å². The molecule has 1 amide bonds. The molecule has 1 heterocycles. The highest BCUT2D eigenvalue weighted by molar-refractivity contribution is 5.82. The number of carbonyl (C=O) groups excluding carboxylic acids is 1. The van der Waals surface area contributed by atoms with Crippen molar-refractivity contribution in [2.75, 3.05) is 6.54 Å². The third kappa shape index (κ3) is 3.70. The van der Waals surface area contributed by atoms with Gasteiger partial charge in [0.15, 0.2) is 0 Å². The van der Waals surface area contributed by atoms with E-state index in [4.69, 9.17) is 0 Å². The molecule has 0 radical (unpaired) electrons. The Morgan fingerprint density at radius 2 is 1.88 bits per heavy atom. The lowest BCUT2D eigenvalue weighted by Gasteiger charge is -2.35. The lowest BCUT2D eigenvalue weighted by atomic mass is 9.88. The number of rotatable bonds is 5. The van der Waals surface area contributed by atoms with Crippen LogP contribution in [0.3, 0.4) is 0 Å². The van der Waals surface area contributed by atoms with Gasteiger partial charge in [0.05, 0.1) is 6.04 Å². The zero-order valence-electron chi connectivity index (χ0n) is 11.8. The molecule has 1 aliphatic rings. The molecule has 1 rings (SSSR count). The third-order valence-electron chi connectivity index (χ3n) is 4.40. The van der Waals surface area contributed by atoms with Crippen LogP contribution in [0.15, 0.2) is 0 Å². The van der Waals surface area contributed by atoms with Crippen LogP contribution in [-0.2, 0) is 4.79 Å². The molecule has 3 heteroatoms. The Balaban J connectivity index is 2.57. The minimum Gasteiger partial charge on any atom is -0.349 e. The van der Waals surface area contributed by atoms with Crippen molar-refractivity contribution in [2.24, 2.45) is 5.92 Å². The Kier molecular flexibility index (Phi) is 5.44. The molecular formula is C14H28N2O. The maximum Gasteiger partial charge on any atom is 0.237 e. The largest absolute Gasteiger partial charge is 0.349 e. The van der Waals surface area contributed by atoms with Gasteiger partial charge < -0.3 is 10.6 Å². The van der Waals surface area contributed by atoms with Crippen molar-refractivity contribution in [3.63, 3.8) is 0 Å². The van der Waals surface area contributed by atoms with E-state index >= 15 is 0 Å². The van der Waals surface area contributed by atoms with Gasteiger partial charge in [-0.25, -0.2) is 0 Å². The lowest BCUT2D eigenvalue weighted by Crippen LogP contribution is -2.55. The topological polar surface area (TPSA) is 41.1 Å². The Hall–Kier alpha value is -0.570. The van der Waals surface area contributed by atoms with Gasteiger partial charge in [0, 0.05) is 5.54 Å². The molecule has 0 aromatic rings. The van der Waals surface area contributed by atoms with E-state index in [1.54, 1.807) is 0 Å². The fraction of sp³-hybridized carbons (Fsp3) is 0.929. The van der Waals surface area contributed by atoms with Gasteiger partial charge in [-0.2, -0.15) is 0 Å². The monoisotopic (exact) mass is 240 g/mol. The van der Waals surface area contributed by atoms with Crippen LogP contribution >= 0.6 is 0 Å². The van der Waals surface area contributed by atoms with Gasteiger partial charge in [-0.05, 0) is 44.6 Å². The van der Waals surface area contributed by atoms with E-state index in [0.29, 0.717) is 5.92 Å². The standard InChI is InChI=1S/C14H28N2O/c1-5-14(6-2,7-3)16-13(17)12-10-11(4)8-9-15-12/h11-12,15H,5-10H2,1-4H3,(H,16,17). The Bertz CT molecular complexity index is 240. The number of amides is 1. The van der Waals surface area contributed by atoms with Gasteiger partial charge in [0.25, 0.3) is 0 Å². The normalized spacial score (nSPS) is 25.6. The van der Waals surface area contributed by atoms with Crippen LogP contribution in [0.25, 0.3) is 0 Å².